The third-order valence-corrected chi connectivity index (χ3v) is 1.98. The van der Waals surface area contributed by atoms with Crippen molar-refractivity contribution in [3.05, 3.63) is 22.7 Å². The van der Waals surface area contributed by atoms with E-state index < -0.39 is 0 Å². The standard InChI is InChI=1S/C10H14ClNO/c1-6(2)13-10-5-9(12)8(11)4-7(10)3/h4-6H,12H2,1-3H3. The van der Waals surface area contributed by atoms with Gasteiger partial charge in [0.15, 0.2) is 0 Å². The van der Waals surface area contributed by atoms with Crippen molar-refractivity contribution in [2.45, 2.75) is 26.9 Å². The van der Waals surface area contributed by atoms with Crippen LogP contribution in [0.15, 0.2) is 12.1 Å². The van der Waals surface area contributed by atoms with Crippen molar-refractivity contribution in [2.75, 3.05) is 5.73 Å². The Morgan fingerprint density at radius 3 is 2.54 bits per heavy atom. The second-order valence-electron chi connectivity index (χ2n) is 3.31. The van der Waals surface area contributed by atoms with Crippen LogP contribution >= 0.6 is 11.6 Å². The van der Waals surface area contributed by atoms with Gasteiger partial charge in [0.25, 0.3) is 0 Å². The van der Waals surface area contributed by atoms with Crippen molar-refractivity contribution < 1.29 is 4.74 Å². The van der Waals surface area contributed by atoms with Crippen molar-refractivity contribution in [3.8, 4) is 5.75 Å². The average molecular weight is 200 g/mol. The molecule has 1 rings (SSSR count). The number of aryl methyl sites for hydroxylation is 1. The Hall–Kier alpha value is -0.890. The SMILES string of the molecule is Cc1cc(Cl)c(N)cc1OC(C)C. The van der Waals surface area contributed by atoms with Crippen LogP contribution in [0, 0.1) is 6.92 Å². The number of halogens is 1. The first-order chi connectivity index (χ1) is 6.00. The Kier molecular flexibility index (Phi) is 3.04. The van der Waals surface area contributed by atoms with Gasteiger partial charge in [-0.05, 0) is 32.4 Å². The molecule has 0 aliphatic carbocycles. The second-order valence-corrected chi connectivity index (χ2v) is 3.71. The van der Waals surface area contributed by atoms with Crippen LogP contribution in [0.3, 0.4) is 0 Å². The van der Waals surface area contributed by atoms with Crippen molar-refractivity contribution in [3.63, 3.8) is 0 Å². The van der Waals surface area contributed by atoms with Crippen LogP contribution in [0.5, 0.6) is 5.75 Å². The molecular formula is C10H14ClNO. The van der Waals surface area contributed by atoms with Crippen LogP contribution in [0.2, 0.25) is 5.02 Å². The summed E-state index contributed by atoms with van der Waals surface area (Å²) in [6.07, 6.45) is 0.152. The molecule has 0 spiro atoms. The van der Waals surface area contributed by atoms with Crippen molar-refractivity contribution in [1.29, 1.82) is 0 Å². The molecule has 2 N–H and O–H groups in total. The summed E-state index contributed by atoms with van der Waals surface area (Å²) in [5, 5.41) is 0.577. The molecule has 0 aliphatic heterocycles. The van der Waals surface area contributed by atoms with Gasteiger partial charge in [0, 0.05) is 6.07 Å². The molecule has 0 saturated carbocycles. The Balaban J connectivity index is 3.01. The molecule has 13 heavy (non-hydrogen) atoms. The van der Waals surface area contributed by atoms with Gasteiger partial charge in [-0.25, -0.2) is 0 Å². The van der Waals surface area contributed by atoms with Gasteiger partial charge >= 0.3 is 0 Å². The third-order valence-electron chi connectivity index (χ3n) is 1.66. The van der Waals surface area contributed by atoms with Crippen LogP contribution in [0.25, 0.3) is 0 Å². The summed E-state index contributed by atoms with van der Waals surface area (Å²) in [7, 11) is 0. The largest absolute Gasteiger partial charge is 0.491 e. The predicted octanol–water partition coefficient (Wildman–Crippen LogP) is 3.02. The lowest BCUT2D eigenvalue weighted by Crippen LogP contribution is -2.07. The van der Waals surface area contributed by atoms with Crippen molar-refractivity contribution >= 4 is 17.3 Å². The topological polar surface area (TPSA) is 35.2 Å². The maximum absolute atomic E-state index is 5.84. The highest BCUT2D eigenvalue weighted by Crippen LogP contribution is 2.28. The zero-order chi connectivity index (χ0) is 10.0. The lowest BCUT2D eigenvalue weighted by atomic mass is 10.2. The molecule has 1 aromatic carbocycles. The molecule has 0 aromatic heterocycles. The van der Waals surface area contributed by atoms with Gasteiger partial charge in [-0.3, -0.25) is 0 Å². The van der Waals surface area contributed by atoms with Crippen molar-refractivity contribution in [2.24, 2.45) is 0 Å². The summed E-state index contributed by atoms with van der Waals surface area (Å²) in [5.74, 6) is 0.803. The Morgan fingerprint density at radius 1 is 1.38 bits per heavy atom. The highest BCUT2D eigenvalue weighted by molar-refractivity contribution is 6.33. The van der Waals surface area contributed by atoms with Gasteiger partial charge in [0.05, 0.1) is 16.8 Å². The molecule has 0 atom stereocenters. The molecule has 0 heterocycles. The van der Waals surface area contributed by atoms with Gasteiger partial charge in [0.2, 0.25) is 0 Å². The van der Waals surface area contributed by atoms with Crippen LogP contribution in [-0.4, -0.2) is 6.10 Å². The lowest BCUT2D eigenvalue weighted by molar-refractivity contribution is 0.241. The highest BCUT2D eigenvalue weighted by atomic mass is 35.5. The first-order valence-corrected chi connectivity index (χ1v) is 4.60. The highest BCUT2D eigenvalue weighted by Gasteiger charge is 2.05. The van der Waals surface area contributed by atoms with Gasteiger partial charge in [-0.1, -0.05) is 11.6 Å². The maximum Gasteiger partial charge on any atom is 0.124 e. The van der Waals surface area contributed by atoms with Crippen LogP contribution in [-0.2, 0) is 0 Å². The summed E-state index contributed by atoms with van der Waals surface area (Å²) in [6, 6.07) is 3.58. The molecule has 0 radical (unpaired) electrons. The summed E-state index contributed by atoms with van der Waals surface area (Å²) in [5.41, 5.74) is 7.22. The number of benzene rings is 1. The molecule has 0 aliphatic rings. The Morgan fingerprint density at radius 2 is 2.00 bits per heavy atom. The monoisotopic (exact) mass is 199 g/mol. The summed E-state index contributed by atoms with van der Waals surface area (Å²) < 4.78 is 5.54. The number of ether oxygens (including phenoxy) is 1. The Bertz CT molecular complexity index is 310. The third kappa shape index (κ3) is 2.52. The fraction of sp³-hybridized carbons (Fsp3) is 0.400. The molecular weight excluding hydrogens is 186 g/mol. The van der Waals surface area contributed by atoms with Gasteiger partial charge < -0.3 is 10.5 Å². The number of nitrogen functional groups attached to an aromatic ring is 1. The molecule has 0 bridgehead atoms. The number of hydrogen-bond donors (Lipinski definition) is 1. The van der Waals surface area contributed by atoms with E-state index in [1.165, 1.54) is 0 Å². The van der Waals surface area contributed by atoms with E-state index in [2.05, 4.69) is 0 Å². The average Bonchev–Trinajstić information content (AvgIpc) is 1.99. The Labute approximate surface area is 83.6 Å². The predicted molar refractivity (Wildman–Crippen MR) is 56.4 cm³/mol. The van der Waals surface area contributed by atoms with Crippen LogP contribution in [0.1, 0.15) is 19.4 Å². The fourth-order valence-electron chi connectivity index (χ4n) is 1.05. The van der Waals surface area contributed by atoms with Crippen LogP contribution in [0.4, 0.5) is 5.69 Å². The summed E-state index contributed by atoms with van der Waals surface area (Å²) in [4.78, 5) is 0. The zero-order valence-electron chi connectivity index (χ0n) is 8.10. The normalized spacial score (nSPS) is 10.5. The molecule has 2 nitrogen and oxygen atoms in total. The molecule has 0 fully saturated rings. The van der Waals surface area contributed by atoms with Gasteiger partial charge in [-0.2, -0.15) is 0 Å². The molecule has 3 heteroatoms. The fourth-order valence-corrected chi connectivity index (χ4v) is 1.27. The lowest BCUT2D eigenvalue weighted by Gasteiger charge is -2.13. The minimum Gasteiger partial charge on any atom is -0.491 e. The summed E-state index contributed by atoms with van der Waals surface area (Å²) >= 11 is 5.84. The number of nitrogens with two attached hydrogens (primary N) is 1. The van der Waals surface area contributed by atoms with E-state index >= 15 is 0 Å². The number of anilines is 1. The minimum absolute atomic E-state index is 0.152. The zero-order valence-corrected chi connectivity index (χ0v) is 8.85. The van der Waals surface area contributed by atoms with E-state index in [4.69, 9.17) is 22.1 Å². The van der Waals surface area contributed by atoms with E-state index in [0.29, 0.717) is 10.7 Å². The number of hydrogen-bond acceptors (Lipinski definition) is 2. The first kappa shape index (κ1) is 10.2. The number of rotatable bonds is 2. The van der Waals surface area contributed by atoms with E-state index in [9.17, 15) is 0 Å². The molecule has 0 saturated heterocycles. The molecule has 72 valence electrons. The van der Waals surface area contributed by atoms with E-state index in [0.717, 1.165) is 11.3 Å². The maximum atomic E-state index is 5.84. The van der Waals surface area contributed by atoms with Gasteiger partial charge in [-0.15, -0.1) is 0 Å². The molecule has 0 amide bonds. The minimum atomic E-state index is 0.152. The quantitative estimate of drug-likeness (QED) is 0.744. The van der Waals surface area contributed by atoms with Crippen LogP contribution < -0.4 is 10.5 Å². The van der Waals surface area contributed by atoms with Gasteiger partial charge in [0.1, 0.15) is 5.75 Å². The first-order valence-electron chi connectivity index (χ1n) is 4.23. The molecule has 0 unspecified atom stereocenters. The van der Waals surface area contributed by atoms with E-state index in [1.807, 2.05) is 26.8 Å². The smallest absolute Gasteiger partial charge is 0.124 e. The van der Waals surface area contributed by atoms with E-state index in [-0.39, 0.29) is 6.10 Å². The van der Waals surface area contributed by atoms with Crippen molar-refractivity contribution in [1.82, 2.24) is 0 Å². The van der Waals surface area contributed by atoms with E-state index in [1.54, 1.807) is 6.07 Å². The second kappa shape index (κ2) is 3.88. The summed E-state index contributed by atoms with van der Waals surface area (Å²) in [6.45, 7) is 5.90. The molecule has 1 aromatic rings.